The fourth-order valence-electron chi connectivity index (χ4n) is 3.26. The van der Waals surface area contributed by atoms with Gasteiger partial charge in [0.15, 0.2) is 0 Å². The molecule has 2 aromatic rings. The summed E-state index contributed by atoms with van der Waals surface area (Å²) in [5.74, 6) is -0.991. The molecule has 3 rings (SSSR count). The molecule has 1 N–H and O–H groups in total. The number of likely N-dealkylation sites (tertiary alicyclic amines) is 1. The van der Waals surface area contributed by atoms with Crippen molar-refractivity contribution < 1.29 is 19.4 Å². The number of methoxy groups -OCH3 is 1. The number of carbonyl (C=O) groups excluding carboxylic acids is 1. The third-order valence-electron chi connectivity index (χ3n) is 4.71. The first-order valence-electron chi connectivity index (χ1n) is 8.50. The van der Waals surface area contributed by atoms with Crippen LogP contribution in [-0.2, 0) is 27.2 Å². The number of hydrogen-bond acceptors (Lipinski definition) is 5. The monoisotopic (exact) mass is 374 g/mol. The lowest BCUT2D eigenvalue weighted by atomic mass is 9.88. The van der Waals surface area contributed by atoms with Gasteiger partial charge in [-0.25, -0.2) is 4.98 Å². The molecule has 6 nitrogen and oxygen atoms in total. The largest absolute Gasteiger partial charge is 0.481 e. The summed E-state index contributed by atoms with van der Waals surface area (Å²) in [5, 5.41) is 12.4. The van der Waals surface area contributed by atoms with Crippen LogP contribution >= 0.6 is 11.3 Å². The average Bonchev–Trinajstić information content (AvgIpc) is 3.24. The lowest BCUT2D eigenvalue weighted by Crippen LogP contribution is -2.40. The Morgan fingerprint density at radius 3 is 2.81 bits per heavy atom. The average molecular weight is 374 g/mol. The van der Waals surface area contributed by atoms with E-state index in [9.17, 15) is 14.7 Å². The summed E-state index contributed by atoms with van der Waals surface area (Å²) in [6, 6.07) is 10.1. The normalized spacial score (nSPS) is 19.7. The zero-order valence-electron chi connectivity index (χ0n) is 14.7. The second-order valence-electron chi connectivity index (χ2n) is 6.66. The molecular weight excluding hydrogens is 352 g/mol. The molecule has 7 heteroatoms. The number of carboxylic acids is 1. The number of carboxylic acid groups (broad SMARTS) is 1. The zero-order valence-corrected chi connectivity index (χ0v) is 15.5. The summed E-state index contributed by atoms with van der Waals surface area (Å²) in [6.45, 7) is 0.746. The Bertz CT molecular complexity index is 777. The Labute approximate surface area is 156 Å². The molecule has 138 valence electrons. The standard InChI is InChI=1S/C19H22N2O4S/c1-25-13-19(18(23)24)7-8-21(12-19)17(22)10-15-11-26-16(20-15)9-14-5-3-2-4-6-14/h2-6,11H,7-10,12-13H2,1H3,(H,23,24). The molecule has 1 unspecified atom stereocenters. The van der Waals surface area contributed by atoms with Crippen LogP contribution in [0.4, 0.5) is 0 Å². The van der Waals surface area contributed by atoms with Crippen LogP contribution in [0, 0.1) is 5.41 Å². The number of aliphatic carboxylic acids is 1. The van der Waals surface area contributed by atoms with E-state index in [2.05, 4.69) is 17.1 Å². The molecule has 0 radical (unpaired) electrons. The molecule has 1 aromatic heterocycles. The first-order valence-corrected chi connectivity index (χ1v) is 9.38. The Hall–Kier alpha value is -2.25. The molecule has 1 atom stereocenters. The molecule has 0 bridgehead atoms. The van der Waals surface area contributed by atoms with Gasteiger partial charge in [0, 0.05) is 32.0 Å². The van der Waals surface area contributed by atoms with E-state index in [4.69, 9.17) is 4.74 Å². The van der Waals surface area contributed by atoms with Crippen molar-refractivity contribution in [2.75, 3.05) is 26.8 Å². The van der Waals surface area contributed by atoms with Gasteiger partial charge in [0.25, 0.3) is 0 Å². The van der Waals surface area contributed by atoms with Crippen molar-refractivity contribution in [3.05, 3.63) is 52.0 Å². The first kappa shape index (κ1) is 18.5. The van der Waals surface area contributed by atoms with Gasteiger partial charge in [0.2, 0.25) is 5.91 Å². The van der Waals surface area contributed by atoms with Gasteiger partial charge in [-0.15, -0.1) is 11.3 Å². The van der Waals surface area contributed by atoms with E-state index in [1.807, 2.05) is 23.6 Å². The van der Waals surface area contributed by atoms with Gasteiger partial charge in [-0.1, -0.05) is 30.3 Å². The molecular formula is C19H22N2O4S. The topological polar surface area (TPSA) is 79.7 Å². The van der Waals surface area contributed by atoms with Crippen LogP contribution in [0.25, 0.3) is 0 Å². The van der Waals surface area contributed by atoms with Crippen LogP contribution in [-0.4, -0.2) is 53.7 Å². The summed E-state index contributed by atoms with van der Waals surface area (Å²) in [5.41, 5.74) is 0.931. The minimum Gasteiger partial charge on any atom is -0.481 e. The van der Waals surface area contributed by atoms with Gasteiger partial charge in [0.1, 0.15) is 5.41 Å². The van der Waals surface area contributed by atoms with Crippen LogP contribution in [0.5, 0.6) is 0 Å². The molecule has 26 heavy (non-hydrogen) atoms. The van der Waals surface area contributed by atoms with E-state index in [0.29, 0.717) is 13.0 Å². The number of ether oxygens (including phenoxy) is 1. The smallest absolute Gasteiger partial charge is 0.313 e. The lowest BCUT2D eigenvalue weighted by molar-refractivity contribution is -0.151. The maximum Gasteiger partial charge on any atom is 0.313 e. The summed E-state index contributed by atoms with van der Waals surface area (Å²) in [7, 11) is 1.48. The van der Waals surface area contributed by atoms with E-state index >= 15 is 0 Å². The van der Waals surface area contributed by atoms with Gasteiger partial charge < -0.3 is 14.7 Å². The number of benzene rings is 1. The molecule has 0 spiro atoms. The van der Waals surface area contributed by atoms with Gasteiger partial charge in [-0.2, -0.15) is 0 Å². The third kappa shape index (κ3) is 4.11. The molecule has 1 aliphatic rings. The van der Waals surface area contributed by atoms with E-state index in [-0.39, 0.29) is 25.5 Å². The number of amides is 1. The van der Waals surface area contributed by atoms with E-state index < -0.39 is 11.4 Å². The predicted molar refractivity (Wildman–Crippen MR) is 98.2 cm³/mol. The fourth-order valence-corrected chi connectivity index (χ4v) is 4.09. The molecule has 2 heterocycles. The quantitative estimate of drug-likeness (QED) is 0.804. The van der Waals surface area contributed by atoms with Gasteiger partial charge in [-0.3, -0.25) is 9.59 Å². The predicted octanol–water partition coefficient (Wildman–Crippen LogP) is 2.23. The van der Waals surface area contributed by atoms with Gasteiger partial charge >= 0.3 is 5.97 Å². The van der Waals surface area contributed by atoms with Crippen molar-refractivity contribution in [3.63, 3.8) is 0 Å². The van der Waals surface area contributed by atoms with Crippen LogP contribution in [0.1, 0.15) is 22.7 Å². The lowest BCUT2D eigenvalue weighted by Gasteiger charge is -2.23. The Morgan fingerprint density at radius 1 is 1.35 bits per heavy atom. The number of thiazole rings is 1. The fraction of sp³-hybridized carbons (Fsp3) is 0.421. The summed E-state index contributed by atoms with van der Waals surface area (Å²) < 4.78 is 5.07. The molecule has 1 aliphatic heterocycles. The Kier molecular flexibility index (Phi) is 5.68. The van der Waals surface area contributed by atoms with Crippen molar-refractivity contribution in [1.82, 2.24) is 9.88 Å². The highest BCUT2D eigenvalue weighted by molar-refractivity contribution is 7.09. The summed E-state index contributed by atoms with van der Waals surface area (Å²) in [6.07, 6.45) is 1.37. The first-order chi connectivity index (χ1) is 12.5. The van der Waals surface area contributed by atoms with Crippen LogP contribution in [0.2, 0.25) is 0 Å². The Morgan fingerprint density at radius 2 is 2.12 bits per heavy atom. The van der Waals surface area contributed by atoms with Crippen molar-refractivity contribution in [2.45, 2.75) is 19.3 Å². The number of aromatic nitrogens is 1. The zero-order chi connectivity index (χ0) is 18.6. The summed E-state index contributed by atoms with van der Waals surface area (Å²) >= 11 is 1.55. The Balaban J connectivity index is 1.60. The third-order valence-corrected chi connectivity index (χ3v) is 5.61. The maximum atomic E-state index is 12.6. The number of hydrogen-bond donors (Lipinski definition) is 1. The minimum atomic E-state index is -0.995. The number of rotatable bonds is 7. The number of carbonyl (C=O) groups is 2. The molecule has 1 saturated heterocycles. The SMILES string of the molecule is COCC1(C(=O)O)CCN(C(=O)Cc2csc(Cc3ccccc3)n2)C1. The van der Waals surface area contributed by atoms with Crippen LogP contribution in [0.3, 0.4) is 0 Å². The van der Waals surface area contributed by atoms with Crippen molar-refractivity contribution in [3.8, 4) is 0 Å². The molecule has 0 saturated carbocycles. The van der Waals surface area contributed by atoms with Crippen molar-refractivity contribution >= 4 is 23.2 Å². The van der Waals surface area contributed by atoms with Crippen molar-refractivity contribution in [2.24, 2.45) is 5.41 Å². The molecule has 1 aromatic carbocycles. The second kappa shape index (κ2) is 7.97. The molecule has 0 aliphatic carbocycles. The number of nitrogens with zero attached hydrogens (tertiary/aromatic N) is 2. The van der Waals surface area contributed by atoms with Gasteiger partial charge in [0.05, 0.1) is 23.7 Å². The second-order valence-corrected chi connectivity index (χ2v) is 7.60. The van der Waals surface area contributed by atoms with Crippen molar-refractivity contribution in [1.29, 1.82) is 0 Å². The highest BCUT2D eigenvalue weighted by Crippen LogP contribution is 2.31. The highest BCUT2D eigenvalue weighted by Gasteiger charge is 2.46. The van der Waals surface area contributed by atoms with Crippen LogP contribution in [0.15, 0.2) is 35.7 Å². The maximum absolute atomic E-state index is 12.6. The highest BCUT2D eigenvalue weighted by atomic mass is 32.1. The van der Waals surface area contributed by atoms with Crippen LogP contribution < -0.4 is 0 Å². The van der Waals surface area contributed by atoms with E-state index in [0.717, 1.165) is 17.1 Å². The minimum absolute atomic E-state index is 0.0826. The van der Waals surface area contributed by atoms with E-state index in [1.165, 1.54) is 12.7 Å². The molecule has 1 amide bonds. The van der Waals surface area contributed by atoms with E-state index in [1.54, 1.807) is 16.2 Å². The molecule has 1 fully saturated rings. The van der Waals surface area contributed by atoms with Gasteiger partial charge in [-0.05, 0) is 12.0 Å². The summed E-state index contributed by atoms with van der Waals surface area (Å²) in [4.78, 5) is 30.3.